The lowest BCUT2D eigenvalue weighted by Crippen LogP contribution is -2.22. The van der Waals surface area contributed by atoms with E-state index in [0.29, 0.717) is 22.6 Å². The first-order valence-corrected chi connectivity index (χ1v) is 11.5. The van der Waals surface area contributed by atoms with Crippen LogP contribution >= 0.6 is 22.5 Å². The summed E-state index contributed by atoms with van der Waals surface area (Å²) in [5, 5.41) is 3.17. The molecule has 0 radical (unpaired) electrons. The van der Waals surface area contributed by atoms with Gasteiger partial charge in [-0.25, -0.2) is 0 Å². The molecule has 1 amide bonds. The molecule has 1 aromatic carbocycles. The molecular formula is C21H27N5O2S2. The van der Waals surface area contributed by atoms with E-state index in [0.717, 1.165) is 4.88 Å². The summed E-state index contributed by atoms with van der Waals surface area (Å²) in [6.45, 7) is 8.45. The second kappa shape index (κ2) is 8.71. The Balaban J connectivity index is 2.00. The number of hydrogen-bond acceptors (Lipinski definition) is 6. The third-order valence-electron chi connectivity index (χ3n) is 4.47. The number of hydrogen-bond donors (Lipinski definition) is 2. The minimum atomic E-state index is -1.60. The predicted octanol–water partition coefficient (Wildman–Crippen LogP) is 4.64. The first kappa shape index (κ1) is 22.2. The van der Waals surface area contributed by atoms with E-state index in [9.17, 15) is 9.35 Å². The normalized spacial score (nSPS) is 14.0. The van der Waals surface area contributed by atoms with Crippen LogP contribution in [0.2, 0.25) is 0 Å². The Morgan fingerprint density at radius 3 is 2.63 bits per heavy atom. The van der Waals surface area contributed by atoms with Gasteiger partial charge in [0.1, 0.15) is 0 Å². The Labute approximate surface area is 183 Å². The molecule has 2 aromatic heterocycles. The average Bonchev–Trinajstić information content (AvgIpc) is 3.23. The summed E-state index contributed by atoms with van der Waals surface area (Å²) >= 11 is 0.107. The molecule has 9 heteroatoms. The molecule has 2 unspecified atom stereocenters. The van der Waals surface area contributed by atoms with Crippen molar-refractivity contribution in [2.24, 2.45) is 10.4 Å². The first-order valence-electron chi connectivity index (χ1n) is 9.55. The third kappa shape index (κ3) is 5.16. The fraction of sp³-hybridized carbons (Fsp3) is 0.381. The smallest absolute Gasteiger partial charge is 0.253 e. The second-order valence-electron chi connectivity index (χ2n) is 8.39. The molecule has 0 fully saturated rings. The fourth-order valence-electron chi connectivity index (χ4n) is 2.99. The van der Waals surface area contributed by atoms with Crippen molar-refractivity contribution in [1.82, 2.24) is 13.6 Å². The Morgan fingerprint density at radius 1 is 1.30 bits per heavy atom. The van der Waals surface area contributed by atoms with Gasteiger partial charge in [0.25, 0.3) is 5.91 Å². The Hall–Kier alpha value is -2.49. The highest BCUT2D eigenvalue weighted by Gasteiger charge is 2.28. The van der Waals surface area contributed by atoms with E-state index in [1.54, 1.807) is 43.6 Å². The lowest BCUT2D eigenvalue weighted by Gasteiger charge is -2.26. The maximum absolute atomic E-state index is 12.2. The van der Waals surface area contributed by atoms with E-state index in [2.05, 4.69) is 53.9 Å². The van der Waals surface area contributed by atoms with Crippen molar-refractivity contribution >= 4 is 39.9 Å². The van der Waals surface area contributed by atoms with Crippen molar-refractivity contribution in [3.05, 3.63) is 57.2 Å². The SMILES string of the molecule is Cc1ccc(C(N=c2[nH][s+]([O-])nc2Nc2cccc(C(=O)N(C)C)c2)C(C)(C)C)s1. The minimum Gasteiger partial charge on any atom is -0.548 e. The number of H-pyrrole nitrogens is 1. The molecule has 0 aliphatic heterocycles. The van der Waals surface area contributed by atoms with Gasteiger partial charge in [0.2, 0.25) is 11.3 Å². The van der Waals surface area contributed by atoms with Crippen LogP contribution < -0.4 is 10.8 Å². The number of benzene rings is 1. The molecule has 0 bridgehead atoms. The van der Waals surface area contributed by atoms with Crippen LogP contribution in [0.4, 0.5) is 11.5 Å². The van der Waals surface area contributed by atoms with Gasteiger partial charge >= 0.3 is 0 Å². The van der Waals surface area contributed by atoms with Crippen LogP contribution in [0.25, 0.3) is 0 Å². The number of carbonyl (C=O) groups is 1. The van der Waals surface area contributed by atoms with E-state index >= 15 is 0 Å². The largest absolute Gasteiger partial charge is 0.548 e. The molecule has 0 aliphatic carbocycles. The summed E-state index contributed by atoms with van der Waals surface area (Å²) in [7, 11) is 3.42. The Morgan fingerprint density at radius 2 is 2.03 bits per heavy atom. The van der Waals surface area contributed by atoms with Gasteiger partial charge in [-0.2, -0.15) is 0 Å². The van der Waals surface area contributed by atoms with Crippen LogP contribution in [0.15, 0.2) is 41.4 Å². The van der Waals surface area contributed by atoms with E-state index < -0.39 is 11.1 Å². The summed E-state index contributed by atoms with van der Waals surface area (Å²) in [5.74, 6) is 0.300. The van der Waals surface area contributed by atoms with Gasteiger partial charge in [0, 0.05) is 39.5 Å². The van der Waals surface area contributed by atoms with Crippen molar-refractivity contribution in [3.8, 4) is 0 Å². The minimum absolute atomic E-state index is 0.0940. The van der Waals surface area contributed by atoms with Crippen LogP contribution in [0, 0.1) is 12.3 Å². The molecule has 0 saturated heterocycles. The highest BCUT2D eigenvalue weighted by Crippen LogP contribution is 2.39. The quantitative estimate of drug-likeness (QED) is 0.559. The molecule has 2 atom stereocenters. The number of carbonyl (C=O) groups excluding carboxylic acids is 1. The maximum Gasteiger partial charge on any atom is 0.253 e. The number of anilines is 2. The molecule has 160 valence electrons. The number of amides is 1. The van der Waals surface area contributed by atoms with Crippen LogP contribution in [-0.4, -0.2) is 38.2 Å². The average molecular weight is 446 g/mol. The number of aromatic nitrogens is 2. The molecule has 3 aromatic rings. The summed E-state index contributed by atoms with van der Waals surface area (Å²) in [5.41, 5.74) is 1.54. The van der Waals surface area contributed by atoms with Crippen molar-refractivity contribution < 1.29 is 9.35 Å². The number of aromatic amines is 1. The molecule has 0 aliphatic rings. The topological polar surface area (TPSA) is 96.4 Å². The Bertz CT molecular complexity index is 1110. The van der Waals surface area contributed by atoms with E-state index in [1.807, 2.05) is 6.07 Å². The fourth-order valence-corrected chi connectivity index (χ4v) is 4.81. The predicted molar refractivity (Wildman–Crippen MR) is 122 cm³/mol. The van der Waals surface area contributed by atoms with Gasteiger partial charge in [-0.05, 0) is 42.7 Å². The van der Waals surface area contributed by atoms with Crippen molar-refractivity contribution in [2.45, 2.75) is 33.7 Å². The van der Waals surface area contributed by atoms with Crippen molar-refractivity contribution in [2.75, 3.05) is 19.4 Å². The Kier molecular flexibility index (Phi) is 6.44. The monoisotopic (exact) mass is 445 g/mol. The van der Waals surface area contributed by atoms with Gasteiger partial charge in [-0.15, -0.1) is 15.7 Å². The van der Waals surface area contributed by atoms with Crippen molar-refractivity contribution in [3.63, 3.8) is 0 Å². The number of nitrogens with zero attached hydrogens (tertiary/aromatic N) is 3. The summed E-state index contributed by atoms with van der Waals surface area (Å²) < 4.78 is 19.1. The molecule has 7 nitrogen and oxygen atoms in total. The first-order chi connectivity index (χ1) is 14.0. The third-order valence-corrected chi connectivity index (χ3v) is 6.24. The van der Waals surface area contributed by atoms with Gasteiger partial charge in [0.15, 0.2) is 11.1 Å². The molecule has 2 heterocycles. The van der Waals surface area contributed by atoms with E-state index in [4.69, 9.17) is 4.99 Å². The van der Waals surface area contributed by atoms with Crippen LogP contribution in [0.1, 0.15) is 46.9 Å². The van der Waals surface area contributed by atoms with Crippen molar-refractivity contribution in [1.29, 1.82) is 0 Å². The number of thiophene rings is 1. The zero-order valence-electron chi connectivity index (χ0n) is 18.0. The van der Waals surface area contributed by atoms with E-state index in [-0.39, 0.29) is 17.4 Å². The molecule has 0 saturated carbocycles. The maximum atomic E-state index is 12.2. The van der Waals surface area contributed by atoms with Gasteiger partial charge < -0.3 is 14.8 Å². The molecule has 3 rings (SSSR count). The van der Waals surface area contributed by atoms with Crippen LogP contribution in [-0.2, 0) is 0 Å². The zero-order valence-corrected chi connectivity index (χ0v) is 19.6. The lowest BCUT2D eigenvalue weighted by atomic mass is 9.86. The van der Waals surface area contributed by atoms with Crippen LogP contribution in [0.3, 0.4) is 0 Å². The molecule has 2 N–H and O–H groups in total. The van der Waals surface area contributed by atoms with Crippen LogP contribution in [0.5, 0.6) is 0 Å². The number of nitrogens with one attached hydrogen (secondary N) is 2. The highest BCUT2D eigenvalue weighted by atomic mass is 32.2. The summed E-state index contributed by atoms with van der Waals surface area (Å²) in [6.07, 6.45) is 0. The number of rotatable bonds is 5. The van der Waals surface area contributed by atoms with Gasteiger partial charge in [-0.3, -0.25) is 9.79 Å². The lowest BCUT2D eigenvalue weighted by molar-refractivity contribution is 0.0827. The molecular weight excluding hydrogens is 418 g/mol. The highest BCUT2D eigenvalue weighted by molar-refractivity contribution is 7.14. The summed E-state index contributed by atoms with van der Waals surface area (Å²) in [4.78, 5) is 21.0. The second-order valence-corrected chi connectivity index (χ2v) is 10.6. The molecule has 0 spiro atoms. The van der Waals surface area contributed by atoms with Gasteiger partial charge in [-0.1, -0.05) is 26.8 Å². The molecule has 30 heavy (non-hydrogen) atoms. The zero-order chi connectivity index (χ0) is 22.1. The van der Waals surface area contributed by atoms with E-state index in [1.165, 1.54) is 9.78 Å². The van der Waals surface area contributed by atoms with Gasteiger partial charge in [0.05, 0.1) is 6.04 Å². The summed E-state index contributed by atoms with van der Waals surface area (Å²) in [6, 6.07) is 11.2. The standard InChI is InChI=1S/C21H27N5O2S2/c1-13-10-11-16(29-13)17(21(2,3)4)23-19-18(24-30(28)25-19)22-15-9-7-8-14(12-15)20(27)26(5)6/h7-12,17H,1-6H3,(H,22,24)(H,23,25). The number of aryl methyl sites for hydroxylation is 1.